The predicted octanol–water partition coefficient (Wildman–Crippen LogP) is 4.57. The number of halogens is 2. The van der Waals surface area contributed by atoms with Gasteiger partial charge in [0.1, 0.15) is 10.6 Å². The van der Waals surface area contributed by atoms with Gasteiger partial charge in [-0.3, -0.25) is 4.79 Å². The first-order chi connectivity index (χ1) is 11.0. The second-order valence-corrected chi connectivity index (χ2v) is 7.17. The summed E-state index contributed by atoms with van der Waals surface area (Å²) in [5, 5.41) is 4.55. The van der Waals surface area contributed by atoms with Crippen LogP contribution in [0, 0.1) is 0 Å². The van der Waals surface area contributed by atoms with E-state index in [2.05, 4.69) is 37.2 Å². The van der Waals surface area contributed by atoms with Crippen molar-refractivity contribution in [2.45, 2.75) is 13.8 Å². The number of carbonyl (C=O) groups excluding carboxylic acids is 2. The molecule has 0 atom stereocenters. The van der Waals surface area contributed by atoms with Gasteiger partial charge in [-0.25, -0.2) is 4.79 Å². The quantitative estimate of drug-likeness (QED) is 0.502. The minimum absolute atomic E-state index is 0.246. The molecule has 1 amide bonds. The maximum absolute atomic E-state index is 12.3. The van der Waals surface area contributed by atoms with Crippen molar-refractivity contribution in [2.24, 2.45) is 0 Å². The molecule has 0 radical (unpaired) electrons. The van der Waals surface area contributed by atoms with Gasteiger partial charge < -0.3 is 14.8 Å². The number of esters is 1. The lowest BCUT2D eigenvalue weighted by Gasteiger charge is -2.08. The molecule has 5 nitrogen and oxygen atoms in total. The van der Waals surface area contributed by atoms with Crippen molar-refractivity contribution in [2.75, 3.05) is 23.9 Å². The van der Waals surface area contributed by atoms with Crippen molar-refractivity contribution in [1.82, 2.24) is 0 Å². The standard InChI is InChI=1S/C15H15Br2NO4S/c1-3-21-15(20)11-9-4-5-10(17)12(22-7-6-16)13(9)23-14(11)18-8(2)19/h4-5H,3,6-7H2,1-2H3,(H,18,19). The topological polar surface area (TPSA) is 64.6 Å². The Kier molecular flexibility index (Phi) is 6.43. The van der Waals surface area contributed by atoms with Crippen LogP contribution in [-0.4, -0.2) is 30.4 Å². The van der Waals surface area contributed by atoms with E-state index in [1.165, 1.54) is 18.3 Å². The van der Waals surface area contributed by atoms with Crippen molar-refractivity contribution in [3.05, 3.63) is 22.2 Å². The van der Waals surface area contributed by atoms with Gasteiger partial charge in [-0.1, -0.05) is 22.0 Å². The van der Waals surface area contributed by atoms with Crippen LogP contribution in [0.3, 0.4) is 0 Å². The molecule has 1 aromatic carbocycles. The van der Waals surface area contributed by atoms with Crippen LogP contribution in [0.2, 0.25) is 0 Å². The zero-order valence-electron chi connectivity index (χ0n) is 12.6. The van der Waals surface area contributed by atoms with Crippen molar-refractivity contribution in [3.63, 3.8) is 0 Å². The van der Waals surface area contributed by atoms with E-state index in [1.807, 2.05) is 12.1 Å². The smallest absolute Gasteiger partial charge is 0.341 e. The van der Waals surface area contributed by atoms with E-state index < -0.39 is 5.97 Å². The van der Waals surface area contributed by atoms with Crippen molar-refractivity contribution < 1.29 is 19.1 Å². The Labute approximate surface area is 154 Å². The van der Waals surface area contributed by atoms with E-state index in [1.54, 1.807) is 6.92 Å². The molecule has 0 aliphatic heterocycles. The number of rotatable bonds is 6. The number of carbonyl (C=O) groups is 2. The zero-order valence-corrected chi connectivity index (χ0v) is 16.6. The highest BCUT2D eigenvalue weighted by Gasteiger charge is 2.24. The summed E-state index contributed by atoms with van der Waals surface area (Å²) in [4.78, 5) is 23.7. The highest BCUT2D eigenvalue weighted by Crippen LogP contribution is 2.44. The SMILES string of the molecule is CCOC(=O)c1c(NC(C)=O)sc2c(OCCBr)c(Br)ccc12. The fourth-order valence-corrected chi connectivity index (χ4v) is 4.02. The van der Waals surface area contributed by atoms with Crippen molar-refractivity contribution in [3.8, 4) is 5.75 Å². The van der Waals surface area contributed by atoms with Crippen molar-refractivity contribution in [1.29, 1.82) is 0 Å². The van der Waals surface area contributed by atoms with Crippen LogP contribution in [0.15, 0.2) is 16.6 Å². The Morgan fingerprint density at radius 2 is 2.09 bits per heavy atom. The number of hydrogen-bond donors (Lipinski definition) is 1. The van der Waals surface area contributed by atoms with E-state index in [9.17, 15) is 9.59 Å². The number of nitrogens with one attached hydrogen (secondary N) is 1. The Morgan fingerprint density at radius 3 is 2.70 bits per heavy atom. The van der Waals surface area contributed by atoms with Gasteiger partial charge in [-0.05, 0) is 28.9 Å². The van der Waals surface area contributed by atoms with E-state index in [0.29, 0.717) is 33.6 Å². The van der Waals surface area contributed by atoms with Gasteiger partial charge in [-0.15, -0.1) is 11.3 Å². The fourth-order valence-electron chi connectivity index (χ4n) is 2.04. The number of ether oxygens (including phenoxy) is 2. The molecule has 1 N–H and O–H groups in total. The van der Waals surface area contributed by atoms with E-state index in [4.69, 9.17) is 9.47 Å². The third kappa shape index (κ3) is 4.05. The lowest BCUT2D eigenvalue weighted by Crippen LogP contribution is -2.10. The van der Waals surface area contributed by atoms with E-state index >= 15 is 0 Å². The first-order valence-electron chi connectivity index (χ1n) is 6.88. The van der Waals surface area contributed by atoms with Gasteiger partial charge in [0.2, 0.25) is 5.91 Å². The second-order valence-electron chi connectivity index (χ2n) is 4.50. The van der Waals surface area contributed by atoms with Crippen LogP contribution in [0.1, 0.15) is 24.2 Å². The summed E-state index contributed by atoms with van der Waals surface area (Å²) in [6, 6.07) is 3.63. The number of fused-ring (bicyclic) bond motifs is 1. The van der Waals surface area contributed by atoms with Gasteiger partial charge in [0, 0.05) is 17.6 Å². The molecule has 0 spiro atoms. The minimum Gasteiger partial charge on any atom is -0.490 e. The third-order valence-corrected chi connectivity index (χ3v) is 4.93. The number of amides is 1. The minimum atomic E-state index is -0.462. The Morgan fingerprint density at radius 1 is 1.35 bits per heavy atom. The third-order valence-electron chi connectivity index (χ3n) is 2.86. The van der Waals surface area contributed by atoms with Gasteiger partial charge in [0.05, 0.1) is 22.4 Å². The molecule has 0 bridgehead atoms. The molecular weight excluding hydrogens is 450 g/mol. The summed E-state index contributed by atoms with van der Waals surface area (Å²) in [6.07, 6.45) is 0. The first kappa shape index (κ1) is 18.2. The highest BCUT2D eigenvalue weighted by molar-refractivity contribution is 9.10. The number of hydrogen-bond acceptors (Lipinski definition) is 5. The molecule has 1 heterocycles. The maximum Gasteiger partial charge on any atom is 0.341 e. The largest absolute Gasteiger partial charge is 0.490 e. The van der Waals surface area contributed by atoms with Gasteiger partial charge in [0.15, 0.2) is 5.75 Å². The molecule has 0 saturated heterocycles. The zero-order chi connectivity index (χ0) is 17.0. The molecule has 23 heavy (non-hydrogen) atoms. The number of benzene rings is 1. The molecule has 0 saturated carbocycles. The second kappa shape index (κ2) is 8.12. The Balaban J connectivity index is 2.65. The molecule has 2 rings (SSSR count). The molecule has 0 fully saturated rings. The Bertz CT molecular complexity index is 745. The molecule has 8 heteroatoms. The summed E-state index contributed by atoms with van der Waals surface area (Å²) in [5.41, 5.74) is 0.359. The van der Waals surface area contributed by atoms with Crippen LogP contribution >= 0.6 is 43.2 Å². The Hall–Kier alpha value is -1.12. The highest BCUT2D eigenvalue weighted by atomic mass is 79.9. The van der Waals surface area contributed by atoms with Crippen LogP contribution in [0.4, 0.5) is 5.00 Å². The normalized spacial score (nSPS) is 10.6. The molecule has 0 aliphatic carbocycles. The van der Waals surface area contributed by atoms with Crippen LogP contribution < -0.4 is 10.1 Å². The molecule has 124 valence electrons. The average Bonchev–Trinajstić information content (AvgIpc) is 2.83. The molecule has 1 aromatic heterocycles. The van der Waals surface area contributed by atoms with E-state index in [-0.39, 0.29) is 12.5 Å². The molecular formula is C15H15Br2NO4S. The molecule has 2 aromatic rings. The molecule has 0 aliphatic rings. The van der Waals surface area contributed by atoms with Crippen molar-refractivity contribution >= 4 is 70.2 Å². The summed E-state index contributed by atoms with van der Waals surface area (Å²) in [7, 11) is 0. The molecule has 0 unspecified atom stereocenters. The number of alkyl halides is 1. The lowest BCUT2D eigenvalue weighted by molar-refractivity contribution is -0.114. The summed E-state index contributed by atoms with van der Waals surface area (Å²) < 4.78 is 12.5. The average molecular weight is 465 g/mol. The van der Waals surface area contributed by atoms with Crippen LogP contribution in [-0.2, 0) is 9.53 Å². The predicted molar refractivity (Wildman–Crippen MR) is 99.1 cm³/mol. The number of thiophene rings is 1. The first-order valence-corrected chi connectivity index (χ1v) is 9.61. The fraction of sp³-hybridized carbons (Fsp3) is 0.333. The van der Waals surface area contributed by atoms with E-state index in [0.717, 1.165) is 9.17 Å². The maximum atomic E-state index is 12.3. The van der Waals surface area contributed by atoms with Gasteiger partial charge in [0.25, 0.3) is 0 Å². The van der Waals surface area contributed by atoms with Gasteiger partial charge >= 0.3 is 5.97 Å². The summed E-state index contributed by atoms with van der Waals surface area (Å²) in [6.45, 7) is 3.89. The monoisotopic (exact) mass is 463 g/mol. The van der Waals surface area contributed by atoms with Gasteiger partial charge in [-0.2, -0.15) is 0 Å². The van der Waals surface area contributed by atoms with Crippen LogP contribution in [0.5, 0.6) is 5.75 Å². The lowest BCUT2D eigenvalue weighted by atomic mass is 10.1. The summed E-state index contributed by atoms with van der Waals surface area (Å²) in [5.74, 6) is -0.0607. The summed E-state index contributed by atoms with van der Waals surface area (Å²) >= 11 is 8.08. The van der Waals surface area contributed by atoms with Crippen LogP contribution in [0.25, 0.3) is 10.1 Å². The number of anilines is 1.